The largest absolute Gasteiger partial charge is 0.379 e. The summed E-state index contributed by atoms with van der Waals surface area (Å²) < 4.78 is 7.43. The molecule has 2 N–H and O–H groups in total. The molecular weight excluding hydrogens is 474 g/mol. The second-order valence-corrected chi connectivity index (χ2v) is 9.47. The molecular formula is C28H30ClN5O2. The number of imidazole rings is 1. The SMILES string of the molecule is CCc1nc2c(C)cc(-c3ccc(CN4CCOCC4)cc3)cn2c1NC(=O)Nc1ccc(Cl)cc1. The Hall–Kier alpha value is -3.39. The van der Waals surface area contributed by atoms with Crippen LogP contribution in [0.5, 0.6) is 0 Å². The van der Waals surface area contributed by atoms with Crippen molar-refractivity contribution in [2.24, 2.45) is 0 Å². The predicted octanol–water partition coefficient (Wildman–Crippen LogP) is 6.00. The summed E-state index contributed by atoms with van der Waals surface area (Å²) in [4.78, 5) is 20.0. The van der Waals surface area contributed by atoms with Crippen molar-refractivity contribution < 1.29 is 9.53 Å². The Bertz CT molecular complexity index is 1360. The van der Waals surface area contributed by atoms with Crippen molar-refractivity contribution in [1.29, 1.82) is 0 Å². The summed E-state index contributed by atoms with van der Waals surface area (Å²) in [5.74, 6) is 0.674. The molecule has 2 aromatic heterocycles. The van der Waals surface area contributed by atoms with Crippen LogP contribution in [0.3, 0.4) is 0 Å². The number of pyridine rings is 1. The zero-order chi connectivity index (χ0) is 25.1. The number of amides is 2. The van der Waals surface area contributed by atoms with Crippen LogP contribution >= 0.6 is 11.6 Å². The van der Waals surface area contributed by atoms with Gasteiger partial charge in [0.15, 0.2) is 0 Å². The number of hydrogen-bond acceptors (Lipinski definition) is 4. The van der Waals surface area contributed by atoms with Crippen molar-refractivity contribution in [3.8, 4) is 11.1 Å². The van der Waals surface area contributed by atoms with Crippen LogP contribution in [0, 0.1) is 6.92 Å². The number of nitrogens with zero attached hydrogens (tertiary/aromatic N) is 3. The molecule has 1 aliphatic heterocycles. The van der Waals surface area contributed by atoms with E-state index in [1.54, 1.807) is 24.3 Å². The first-order valence-corrected chi connectivity index (χ1v) is 12.6. The van der Waals surface area contributed by atoms with E-state index in [0.717, 1.165) is 60.9 Å². The molecule has 1 fully saturated rings. The zero-order valence-electron chi connectivity index (χ0n) is 20.6. The Morgan fingerprint density at radius 2 is 1.75 bits per heavy atom. The van der Waals surface area contributed by atoms with Gasteiger partial charge in [-0.1, -0.05) is 42.8 Å². The molecule has 0 saturated carbocycles. The lowest BCUT2D eigenvalue weighted by molar-refractivity contribution is 0.0342. The molecule has 0 aliphatic carbocycles. The molecule has 0 unspecified atom stereocenters. The minimum atomic E-state index is -0.329. The molecule has 2 aromatic carbocycles. The Labute approximate surface area is 216 Å². The van der Waals surface area contributed by atoms with E-state index in [4.69, 9.17) is 21.3 Å². The number of aryl methyl sites for hydroxylation is 2. The molecule has 7 nitrogen and oxygen atoms in total. The summed E-state index contributed by atoms with van der Waals surface area (Å²) in [5.41, 5.74) is 6.86. The highest BCUT2D eigenvalue weighted by molar-refractivity contribution is 6.30. The normalized spacial score (nSPS) is 14.2. The molecule has 2 amide bonds. The van der Waals surface area contributed by atoms with Crippen LogP contribution in [-0.4, -0.2) is 46.6 Å². The molecule has 8 heteroatoms. The highest BCUT2D eigenvalue weighted by Gasteiger charge is 2.17. The summed E-state index contributed by atoms with van der Waals surface area (Å²) in [6, 6.07) is 17.5. The average Bonchev–Trinajstić information content (AvgIpc) is 3.24. The van der Waals surface area contributed by atoms with E-state index >= 15 is 0 Å². The van der Waals surface area contributed by atoms with E-state index in [9.17, 15) is 4.79 Å². The van der Waals surface area contributed by atoms with Crippen molar-refractivity contribution in [2.75, 3.05) is 36.9 Å². The Morgan fingerprint density at radius 1 is 1.03 bits per heavy atom. The van der Waals surface area contributed by atoms with E-state index in [0.29, 0.717) is 22.9 Å². The summed E-state index contributed by atoms with van der Waals surface area (Å²) in [6.45, 7) is 8.56. The fraction of sp³-hybridized carbons (Fsp3) is 0.286. The molecule has 0 bridgehead atoms. The van der Waals surface area contributed by atoms with Gasteiger partial charge in [0.25, 0.3) is 0 Å². The first-order chi connectivity index (χ1) is 17.5. The van der Waals surface area contributed by atoms with Gasteiger partial charge in [0.05, 0.1) is 18.9 Å². The smallest absolute Gasteiger partial charge is 0.324 e. The number of ether oxygens (including phenoxy) is 1. The number of anilines is 2. The summed E-state index contributed by atoms with van der Waals surface area (Å²) in [5, 5.41) is 6.49. The second kappa shape index (κ2) is 10.7. The quantitative estimate of drug-likeness (QED) is 0.338. The van der Waals surface area contributed by atoms with Crippen LogP contribution in [-0.2, 0) is 17.7 Å². The molecule has 3 heterocycles. The van der Waals surface area contributed by atoms with Crippen LogP contribution < -0.4 is 10.6 Å². The van der Waals surface area contributed by atoms with Crippen LogP contribution in [0.2, 0.25) is 5.02 Å². The number of urea groups is 1. The van der Waals surface area contributed by atoms with Gasteiger partial charge in [-0.2, -0.15) is 0 Å². The first-order valence-electron chi connectivity index (χ1n) is 12.2. The van der Waals surface area contributed by atoms with E-state index in [2.05, 4.69) is 52.8 Å². The monoisotopic (exact) mass is 503 g/mol. The average molecular weight is 504 g/mol. The number of hydrogen-bond donors (Lipinski definition) is 2. The van der Waals surface area contributed by atoms with Crippen LogP contribution in [0.4, 0.5) is 16.3 Å². The van der Waals surface area contributed by atoms with Gasteiger partial charge < -0.3 is 10.1 Å². The maximum atomic E-state index is 12.8. The van der Waals surface area contributed by atoms with Crippen molar-refractivity contribution in [3.63, 3.8) is 0 Å². The second-order valence-electron chi connectivity index (χ2n) is 9.04. The van der Waals surface area contributed by atoms with Crippen molar-refractivity contribution >= 4 is 34.8 Å². The standard InChI is InChI=1S/C28H30ClN5O2/c1-3-25-27(32-28(35)30-24-10-8-23(29)9-11-24)34-18-22(16-19(2)26(34)31-25)21-6-4-20(5-7-21)17-33-12-14-36-15-13-33/h4-11,16,18H,3,12-15,17H2,1-2H3,(H2,30,32,35). The number of fused-ring (bicyclic) bond motifs is 1. The molecule has 1 saturated heterocycles. The fourth-order valence-corrected chi connectivity index (χ4v) is 4.64. The van der Waals surface area contributed by atoms with Crippen molar-refractivity contribution in [1.82, 2.24) is 14.3 Å². The summed E-state index contributed by atoms with van der Waals surface area (Å²) in [7, 11) is 0. The number of halogens is 1. The van der Waals surface area contributed by atoms with Gasteiger partial charge in [-0.25, -0.2) is 9.78 Å². The van der Waals surface area contributed by atoms with Gasteiger partial charge in [-0.05, 0) is 65.9 Å². The minimum Gasteiger partial charge on any atom is -0.379 e. The molecule has 1 aliphatic rings. The van der Waals surface area contributed by atoms with Gasteiger partial charge >= 0.3 is 6.03 Å². The Balaban J connectivity index is 1.40. The third kappa shape index (κ3) is 5.38. The molecule has 0 spiro atoms. The molecule has 186 valence electrons. The Morgan fingerprint density at radius 3 is 2.44 bits per heavy atom. The van der Waals surface area contributed by atoms with E-state index < -0.39 is 0 Å². The third-order valence-electron chi connectivity index (χ3n) is 6.44. The number of aromatic nitrogens is 2. The van der Waals surface area contributed by atoms with Crippen LogP contribution in [0.15, 0.2) is 60.8 Å². The number of nitrogens with one attached hydrogen (secondary N) is 2. The highest BCUT2D eigenvalue weighted by atomic mass is 35.5. The molecule has 0 radical (unpaired) electrons. The zero-order valence-corrected chi connectivity index (χ0v) is 21.3. The molecule has 0 atom stereocenters. The Kier molecular flexibility index (Phi) is 7.23. The van der Waals surface area contributed by atoms with Crippen molar-refractivity contribution in [3.05, 3.63) is 82.6 Å². The lowest BCUT2D eigenvalue weighted by atomic mass is 10.0. The summed E-state index contributed by atoms with van der Waals surface area (Å²) in [6.07, 6.45) is 2.74. The number of benzene rings is 2. The van der Waals surface area contributed by atoms with E-state index in [1.165, 1.54) is 5.56 Å². The molecule has 36 heavy (non-hydrogen) atoms. The van der Waals surface area contributed by atoms with Gasteiger partial charge in [-0.3, -0.25) is 14.6 Å². The maximum absolute atomic E-state index is 12.8. The number of carbonyl (C=O) groups excluding carboxylic acids is 1. The predicted molar refractivity (Wildman–Crippen MR) is 145 cm³/mol. The highest BCUT2D eigenvalue weighted by Crippen LogP contribution is 2.28. The molecule has 4 aromatic rings. The van der Waals surface area contributed by atoms with Gasteiger partial charge in [0, 0.05) is 36.5 Å². The van der Waals surface area contributed by atoms with Crippen LogP contribution in [0.25, 0.3) is 16.8 Å². The summed E-state index contributed by atoms with van der Waals surface area (Å²) >= 11 is 5.95. The van der Waals surface area contributed by atoms with E-state index in [1.807, 2.05) is 17.5 Å². The maximum Gasteiger partial charge on any atom is 0.324 e. The van der Waals surface area contributed by atoms with Crippen LogP contribution in [0.1, 0.15) is 23.7 Å². The number of carbonyl (C=O) groups is 1. The first kappa shape index (κ1) is 24.3. The van der Waals surface area contributed by atoms with Crippen molar-refractivity contribution in [2.45, 2.75) is 26.8 Å². The molecule has 5 rings (SSSR count). The minimum absolute atomic E-state index is 0.329. The lowest BCUT2D eigenvalue weighted by Crippen LogP contribution is -2.35. The third-order valence-corrected chi connectivity index (χ3v) is 6.69. The number of rotatable bonds is 6. The van der Waals surface area contributed by atoms with Gasteiger partial charge in [0.2, 0.25) is 0 Å². The van der Waals surface area contributed by atoms with Gasteiger partial charge in [0.1, 0.15) is 11.5 Å². The fourth-order valence-electron chi connectivity index (χ4n) is 4.52. The lowest BCUT2D eigenvalue weighted by Gasteiger charge is -2.26. The topological polar surface area (TPSA) is 70.9 Å². The number of morpholine rings is 1. The van der Waals surface area contributed by atoms with Gasteiger partial charge in [-0.15, -0.1) is 0 Å². The van der Waals surface area contributed by atoms with E-state index in [-0.39, 0.29) is 6.03 Å².